The minimum absolute atomic E-state index is 0.00113. The molecule has 4 N–H and O–H groups in total. The maximum absolute atomic E-state index is 13.5. The highest BCUT2D eigenvalue weighted by Crippen LogP contribution is 2.20. The molecule has 1 amide bonds. The number of hydrogen-bond acceptors (Lipinski definition) is 5. The number of carbonyl (C=O) groups is 1. The monoisotopic (exact) mass is 473 g/mol. The second-order valence-electron chi connectivity index (χ2n) is 7.97. The Morgan fingerprint density at radius 2 is 1.60 bits per heavy atom. The van der Waals surface area contributed by atoms with Crippen LogP contribution in [0.4, 0.5) is 21.6 Å². The van der Waals surface area contributed by atoms with Gasteiger partial charge < -0.3 is 16.0 Å². The Bertz CT molecular complexity index is 1440. The van der Waals surface area contributed by atoms with Crippen LogP contribution in [-0.2, 0) is 17.9 Å². The fourth-order valence-corrected chi connectivity index (χ4v) is 3.76. The van der Waals surface area contributed by atoms with Crippen LogP contribution in [0.5, 0.6) is 0 Å². The predicted octanol–water partition coefficient (Wildman–Crippen LogP) is 2.95. The van der Waals surface area contributed by atoms with Crippen LogP contribution in [0.25, 0.3) is 0 Å². The van der Waals surface area contributed by atoms with Gasteiger partial charge in [0.15, 0.2) is 0 Å². The lowest BCUT2D eigenvalue weighted by Gasteiger charge is -2.26. The van der Waals surface area contributed by atoms with Gasteiger partial charge in [0.2, 0.25) is 5.91 Å². The number of nitrogens with zero attached hydrogens (tertiary/aromatic N) is 2. The van der Waals surface area contributed by atoms with E-state index in [0.29, 0.717) is 0 Å². The van der Waals surface area contributed by atoms with Crippen LogP contribution in [0.15, 0.2) is 94.5 Å². The number of nitrogen functional groups attached to an aromatic ring is 1. The average molecular weight is 474 g/mol. The van der Waals surface area contributed by atoms with E-state index in [0.717, 1.165) is 11.1 Å². The summed E-state index contributed by atoms with van der Waals surface area (Å²) in [5.41, 5.74) is 6.93. The van der Waals surface area contributed by atoms with Gasteiger partial charge >= 0.3 is 5.69 Å². The van der Waals surface area contributed by atoms with Crippen molar-refractivity contribution >= 4 is 23.1 Å². The number of aromatic amines is 1. The lowest BCUT2D eigenvalue weighted by molar-refractivity contribution is -0.115. The Kier molecular flexibility index (Phi) is 7.06. The van der Waals surface area contributed by atoms with Gasteiger partial charge in [0.25, 0.3) is 5.56 Å². The van der Waals surface area contributed by atoms with E-state index < -0.39 is 23.0 Å². The number of carbonyl (C=O) groups excluding carboxylic acids is 1. The first-order valence-electron chi connectivity index (χ1n) is 10.9. The van der Waals surface area contributed by atoms with Gasteiger partial charge in [-0.2, -0.15) is 0 Å². The topological polar surface area (TPSA) is 113 Å². The molecule has 9 heteroatoms. The third kappa shape index (κ3) is 5.83. The Morgan fingerprint density at radius 3 is 2.26 bits per heavy atom. The van der Waals surface area contributed by atoms with Crippen LogP contribution >= 0.6 is 0 Å². The van der Waals surface area contributed by atoms with Gasteiger partial charge in [-0.25, -0.2) is 9.18 Å². The number of rotatable bonds is 8. The molecule has 0 saturated heterocycles. The summed E-state index contributed by atoms with van der Waals surface area (Å²) >= 11 is 0. The Balaban J connectivity index is 1.70. The van der Waals surface area contributed by atoms with Crippen molar-refractivity contribution in [3.63, 3.8) is 0 Å². The number of benzene rings is 3. The van der Waals surface area contributed by atoms with E-state index in [2.05, 4.69) is 10.3 Å². The molecule has 1 aromatic heterocycles. The largest absolute Gasteiger partial charge is 0.383 e. The maximum atomic E-state index is 13.5. The highest BCUT2D eigenvalue weighted by molar-refractivity contribution is 5.94. The number of nitrogens with one attached hydrogen (secondary N) is 2. The molecule has 0 aliphatic heterocycles. The molecule has 35 heavy (non-hydrogen) atoms. The average Bonchev–Trinajstić information content (AvgIpc) is 2.83. The molecule has 0 aliphatic rings. The summed E-state index contributed by atoms with van der Waals surface area (Å²) in [6.07, 6.45) is 0. The van der Waals surface area contributed by atoms with E-state index in [-0.39, 0.29) is 36.8 Å². The molecule has 0 spiro atoms. The van der Waals surface area contributed by atoms with Crippen LogP contribution in [0.1, 0.15) is 11.1 Å². The first-order valence-corrected chi connectivity index (χ1v) is 10.9. The Labute approximate surface area is 200 Å². The van der Waals surface area contributed by atoms with E-state index in [1.807, 2.05) is 60.7 Å². The number of amides is 1. The SMILES string of the molecule is Nc1c(N(CC(=O)Nc2cccc(F)c2)Cc2ccccc2)c(=O)[nH]c(=O)n1Cc1ccccc1. The summed E-state index contributed by atoms with van der Waals surface area (Å²) in [7, 11) is 0. The minimum atomic E-state index is -0.703. The van der Waals surface area contributed by atoms with Crippen LogP contribution in [0.3, 0.4) is 0 Å². The first kappa shape index (κ1) is 23.5. The summed E-state index contributed by atoms with van der Waals surface area (Å²) in [6, 6.07) is 23.9. The molecule has 0 unspecified atom stereocenters. The Hall–Kier alpha value is -4.66. The summed E-state index contributed by atoms with van der Waals surface area (Å²) in [4.78, 5) is 42.2. The van der Waals surface area contributed by atoms with Gasteiger partial charge in [0, 0.05) is 12.2 Å². The van der Waals surface area contributed by atoms with E-state index in [4.69, 9.17) is 5.73 Å². The molecule has 178 valence electrons. The van der Waals surface area contributed by atoms with Crippen LogP contribution in [0.2, 0.25) is 0 Å². The molecule has 0 aliphatic carbocycles. The van der Waals surface area contributed by atoms with Crippen molar-refractivity contribution in [2.75, 3.05) is 22.5 Å². The smallest absolute Gasteiger partial charge is 0.330 e. The standard InChI is InChI=1S/C26H24FN5O3/c27-20-12-7-13-21(14-20)29-22(33)17-31(15-18-8-3-1-4-9-18)23-24(28)32(26(35)30-25(23)34)16-19-10-5-2-6-11-19/h1-14H,15-17,28H2,(H,29,33)(H,30,34,35). The highest BCUT2D eigenvalue weighted by atomic mass is 19.1. The zero-order chi connectivity index (χ0) is 24.8. The fourth-order valence-electron chi connectivity index (χ4n) is 3.76. The molecular weight excluding hydrogens is 449 g/mol. The molecule has 4 rings (SSSR count). The lowest BCUT2D eigenvalue weighted by Crippen LogP contribution is -2.41. The third-order valence-corrected chi connectivity index (χ3v) is 5.37. The second-order valence-corrected chi connectivity index (χ2v) is 7.97. The minimum Gasteiger partial charge on any atom is -0.383 e. The molecule has 4 aromatic rings. The number of halogens is 1. The van der Waals surface area contributed by atoms with Crippen molar-refractivity contribution in [1.29, 1.82) is 0 Å². The zero-order valence-corrected chi connectivity index (χ0v) is 18.8. The van der Waals surface area contributed by atoms with Gasteiger partial charge in [-0.05, 0) is 29.3 Å². The van der Waals surface area contributed by atoms with Gasteiger partial charge in [-0.1, -0.05) is 66.7 Å². The van der Waals surface area contributed by atoms with Gasteiger partial charge in [-0.15, -0.1) is 0 Å². The predicted molar refractivity (Wildman–Crippen MR) is 134 cm³/mol. The lowest BCUT2D eigenvalue weighted by atomic mass is 10.2. The van der Waals surface area contributed by atoms with E-state index in [1.54, 1.807) is 6.07 Å². The summed E-state index contributed by atoms with van der Waals surface area (Å²) in [5, 5.41) is 2.63. The van der Waals surface area contributed by atoms with Crippen molar-refractivity contribution < 1.29 is 9.18 Å². The quantitative estimate of drug-likeness (QED) is 0.364. The third-order valence-electron chi connectivity index (χ3n) is 5.37. The maximum Gasteiger partial charge on any atom is 0.330 e. The van der Waals surface area contributed by atoms with Crippen molar-refractivity contribution in [3.8, 4) is 0 Å². The summed E-state index contributed by atoms with van der Waals surface area (Å²) in [5.74, 6) is -1.03. The first-order chi connectivity index (χ1) is 16.9. The van der Waals surface area contributed by atoms with Crippen LogP contribution < -0.4 is 27.2 Å². The van der Waals surface area contributed by atoms with Crippen molar-refractivity contribution in [2.24, 2.45) is 0 Å². The summed E-state index contributed by atoms with van der Waals surface area (Å²) < 4.78 is 14.8. The molecule has 0 bridgehead atoms. The molecule has 3 aromatic carbocycles. The molecule has 0 atom stereocenters. The number of aromatic nitrogens is 2. The van der Waals surface area contributed by atoms with Crippen LogP contribution in [-0.4, -0.2) is 22.0 Å². The Morgan fingerprint density at radius 1 is 0.943 bits per heavy atom. The number of H-pyrrole nitrogens is 1. The van der Waals surface area contributed by atoms with Crippen molar-refractivity contribution in [2.45, 2.75) is 13.1 Å². The van der Waals surface area contributed by atoms with E-state index in [9.17, 15) is 18.8 Å². The number of anilines is 3. The van der Waals surface area contributed by atoms with Gasteiger partial charge in [0.05, 0.1) is 13.1 Å². The normalized spacial score (nSPS) is 10.7. The van der Waals surface area contributed by atoms with Gasteiger partial charge in [-0.3, -0.25) is 19.1 Å². The summed E-state index contributed by atoms with van der Waals surface area (Å²) in [6.45, 7) is 0.0560. The van der Waals surface area contributed by atoms with Crippen LogP contribution in [0, 0.1) is 5.82 Å². The molecule has 8 nitrogen and oxygen atoms in total. The number of hydrogen-bond donors (Lipinski definition) is 3. The molecule has 0 fully saturated rings. The second kappa shape index (κ2) is 10.5. The van der Waals surface area contributed by atoms with Gasteiger partial charge in [0.1, 0.15) is 17.3 Å². The fraction of sp³-hybridized carbons (Fsp3) is 0.115. The van der Waals surface area contributed by atoms with E-state index >= 15 is 0 Å². The molecule has 0 saturated carbocycles. The highest BCUT2D eigenvalue weighted by Gasteiger charge is 2.22. The van der Waals surface area contributed by atoms with Crippen molar-refractivity contribution in [3.05, 3.63) is 123 Å². The molecule has 0 radical (unpaired) electrons. The molecular formula is C26H24FN5O3. The molecule has 1 heterocycles. The van der Waals surface area contributed by atoms with Crippen molar-refractivity contribution in [1.82, 2.24) is 9.55 Å². The van der Waals surface area contributed by atoms with E-state index in [1.165, 1.54) is 27.7 Å². The zero-order valence-electron chi connectivity index (χ0n) is 18.8. The number of nitrogens with two attached hydrogens (primary N) is 1.